The Bertz CT molecular complexity index is 1240. The molecule has 1 aliphatic rings. The van der Waals surface area contributed by atoms with Crippen molar-refractivity contribution in [3.63, 3.8) is 0 Å². The van der Waals surface area contributed by atoms with E-state index in [1.165, 1.54) is 0 Å². The first-order valence-corrected chi connectivity index (χ1v) is 14.8. The predicted molar refractivity (Wildman–Crippen MR) is 160 cm³/mol. The highest BCUT2D eigenvalue weighted by molar-refractivity contribution is 6.28. The maximum Gasteiger partial charge on any atom is 0.226 e. The molecule has 0 aliphatic carbocycles. The number of hydrogen-bond acceptors (Lipinski definition) is 10. The summed E-state index contributed by atoms with van der Waals surface area (Å²) >= 11 is 6.37. The molecule has 0 bridgehead atoms. The van der Waals surface area contributed by atoms with Crippen molar-refractivity contribution in [2.24, 2.45) is 0 Å². The third kappa shape index (κ3) is 9.88. The van der Waals surface area contributed by atoms with Gasteiger partial charge in [0.2, 0.25) is 5.28 Å². The van der Waals surface area contributed by atoms with E-state index in [1.54, 1.807) is 6.20 Å². The molecule has 1 fully saturated rings. The van der Waals surface area contributed by atoms with Gasteiger partial charge in [-0.1, -0.05) is 43.2 Å². The first-order chi connectivity index (χ1) is 20.7. The lowest BCUT2D eigenvalue weighted by atomic mass is 10.1. The van der Waals surface area contributed by atoms with Crippen molar-refractivity contribution in [3.8, 4) is 12.3 Å². The number of aromatic nitrogens is 4. The van der Waals surface area contributed by atoms with Crippen molar-refractivity contribution < 1.29 is 28.4 Å². The minimum Gasteiger partial charge on any atom is -0.377 e. The van der Waals surface area contributed by atoms with Crippen molar-refractivity contribution in [1.82, 2.24) is 19.7 Å². The van der Waals surface area contributed by atoms with Crippen LogP contribution in [0.1, 0.15) is 44.0 Å². The SMILES string of the molecule is C#CCOCCOCCOCCOCCOCC(Nc1nc(Cl)nc2c1cnn2C1CCC(CC)O1)c1ccccc1. The third-order valence-corrected chi connectivity index (χ3v) is 6.88. The monoisotopic (exact) mass is 601 g/mol. The molecule has 12 heteroatoms. The van der Waals surface area contributed by atoms with Gasteiger partial charge >= 0.3 is 0 Å². The van der Waals surface area contributed by atoms with E-state index in [2.05, 4.69) is 33.2 Å². The molecule has 1 aromatic carbocycles. The predicted octanol–water partition coefficient (Wildman–Crippen LogP) is 4.44. The standard InChI is InChI=1S/C30H40ClN5O6/c1-3-12-37-13-14-38-15-16-39-17-18-40-19-20-41-22-26(23-8-6-5-7-9-23)33-28-25-21-32-36(29(25)35-30(31)34-28)27-11-10-24(4-2)42-27/h1,5-9,21,24,26-27H,4,10-20,22H2,2H3,(H,33,34,35). The van der Waals surface area contributed by atoms with Crippen LogP contribution in [0, 0.1) is 12.3 Å². The number of benzene rings is 1. The summed E-state index contributed by atoms with van der Waals surface area (Å²) in [7, 11) is 0. The minimum atomic E-state index is -0.184. The Balaban J connectivity index is 1.23. The molecule has 3 aromatic rings. The zero-order chi connectivity index (χ0) is 29.4. The molecule has 1 N–H and O–H groups in total. The summed E-state index contributed by atoms with van der Waals surface area (Å²) in [6.45, 7) is 6.61. The molecule has 42 heavy (non-hydrogen) atoms. The summed E-state index contributed by atoms with van der Waals surface area (Å²) in [6.07, 6.45) is 9.79. The summed E-state index contributed by atoms with van der Waals surface area (Å²) < 4.78 is 35.6. The van der Waals surface area contributed by atoms with Gasteiger partial charge in [-0.05, 0) is 36.4 Å². The average Bonchev–Trinajstić information content (AvgIpc) is 3.66. The van der Waals surface area contributed by atoms with Crippen LogP contribution in [-0.4, -0.2) is 91.9 Å². The zero-order valence-corrected chi connectivity index (χ0v) is 24.8. The number of ether oxygens (including phenoxy) is 6. The van der Waals surface area contributed by atoms with Gasteiger partial charge in [-0.15, -0.1) is 6.42 Å². The average molecular weight is 602 g/mol. The van der Waals surface area contributed by atoms with Crippen LogP contribution in [0.15, 0.2) is 36.5 Å². The molecule has 0 spiro atoms. The summed E-state index contributed by atoms with van der Waals surface area (Å²) in [5.41, 5.74) is 1.69. The number of halogens is 1. The van der Waals surface area contributed by atoms with Crippen molar-refractivity contribution in [2.75, 3.05) is 71.4 Å². The molecule has 0 saturated carbocycles. The van der Waals surface area contributed by atoms with Gasteiger partial charge in [-0.2, -0.15) is 15.1 Å². The molecule has 1 aliphatic heterocycles. The zero-order valence-electron chi connectivity index (χ0n) is 24.1. The molecule has 4 rings (SSSR count). The summed E-state index contributed by atoms with van der Waals surface area (Å²) in [5.74, 6) is 3.00. The van der Waals surface area contributed by atoms with Gasteiger partial charge < -0.3 is 33.7 Å². The molecular formula is C30H40ClN5O6. The van der Waals surface area contributed by atoms with E-state index in [9.17, 15) is 0 Å². The van der Waals surface area contributed by atoms with Crippen molar-refractivity contribution in [2.45, 2.75) is 44.6 Å². The highest BCUT2D eigenvalue weighted by Gasteiger charge is 2.28. The van der Waals surface area contributed by atoms with Crippen LogP contribution in [0.3, 0.4) is 0 Å². The van der Waals surface area contributed by atoms with Crippen LogP contribution in [-0.2, 0) is 28.4 Å². The Labute approximate surface area is 252 Å². The van der Waals surface area contributed by atoms with Crippen molar-refractivity contribution in [1.29, 1.82) is 0 Å². The van der Waals surface area contributed by atoms with Crippen LogP contribution in [0.4, 0.5) is 5.82 Å². The number of hydrogen-bond donors (Lipinski definition) is 1. The van der Waals surface area contributed by atoms with Crippen LogP contribution in [0.5, 0.6) is 0 Å². The lowest BCUT2D eigenvalue weighted by Gasteiger charge is -2.21. The first-order valence-electron chi connectivity index (χ1n) is 14.4. The van der Waals surface area contributed by atoms with Gasteiger partial charge in [0.05, 0.1) is 83.2 Å². The minimum absolute atomic E-state index is 0.140. The van der Waals surface area contributed by atoms with Gasteiger partial charge in [-0.3, -0.25) is 0 Å². The van der Waals surface area contributed by atoms with Gasteiger partial charge in [0, 0.05) is 0 Å². The second-order valence-corrected chi connectivity index (χ2v) is 9.98. The number of rotatable bonds is 20. The van der Waals surface area contributed by atoms with E-state index in [-0.39, 0.29) is 23.7 Å². The molecule has 0 radical (unpaired) electrons. The number of nitrogens with zero attached hydrogens (tertiary/aromatic N) is 4. The molecule has 2 aromatic heterocycles. The smallest absolute Gasteiger partial charge is 0.226 e. The molecule has 0 amide bonds. The maximum absolute atomic E-state index is 6.37. The second kappa shape index (κ2) is 18.0. The van der Waals surface area contributed by atoms with E-state index in [0.29, 0.717) is 77.5 Å². The lowest BCUT2D eigenvalue weighted by Crippen LogP contribution is -2.20. The first kappa shape index (κ1) is 32.1. The number of fused-ring (bicyclic) bond motifs is 1. The molecule has 3 heterocycles. The Morgan fingerprint density at radius 3 is 2.29 bits per heavy atom. The van der Waals surface area contributed by atoms with Gasteiger partial charge in [0.1, 0.15) is 12.4 Å². The van der Waals surface area contributed by atoms with Crippen molar-refractivity contribution >= 4 is 28.5 Å². The third-order valence-electron chi connectivity index (χ3n) is 6.71. The fourth-order valence-corrected chi connectivity index (χ4v) is 4.73. The Kier molecular flexibility index (Phi) is 13.7. The van der Waals surface area contributed by atoms with E-state index < -0.39 is 0 Å². The largest absolute Gasteiger partial charge is 0.377 e. The molecule has 1 saturated heterocycles. The van der Waals surface area contributed by atoms with E-state index in [1.807, 2.05) is 35.0 Å². The highest BCUT2D eigenvalue weighted by Crippen LogP contribution is 2.33. The van der Waals surface area contributed by atoms with E-state index in [0.717, 1.165) is 30.2 Å². The highest BCUT2D eigenvalue weighted by atomic mass is 35.5. The Morgan fingerprint density at radius 2 is 1.64 bits per heavy atom. The van der Waals surface area contributed by atoms with E-state index in [4.69, 9.17) is 46.4 Å². The summed E-state index contributed by atoms with van der Waals surface area (Å²) in [5, 5.41) is 9.01. The lowest BCUT2D eigenvalue weighted by molar-refractivity contribution is -0.00976. The van der Waals surface area contributed by atoms with Crippen LogP contribution < -0.4 is 5.32 Å². The Hall–Kier alpha value is -2.82. The molecular weight excluding hydrogens is 562 g/mol. The molecule has 3 unspecified atom stereocenters. The fraction of sp³-hybridized carbons (Fsp3) is 0.567. The summed E-state index contributed by atoms with van der Waals surface area (Å²) in [6, 6.07) is 9.87. The van der Waals surface area contributed by atoms with Crippen LogP contribution >= 0.6 is 11.6 Å². The maximum atomic E-state index is 6.37. The quantitative estimate of drug-likeness (QED) is 0.113. The van der Waals surface area contributed by atoms with Crippen molar-refractivity contribution in [3.05, 3.63) is 47.4 Å². The Morgan fingerprint density at radius 1 is 0.976 bits per heavy atom. The van der Waals surface area contributed by atoms with Crippen LogP contribution in [0.25, 0.3) is 11.0 Å². The number of nitrogens with one attached hydrogen (secondary N) is 1. The van der Waals surface area contributed by atoms with Gasteiger partial charge in [0.15, 0.2) is 11.9 Å². The van der Waals surface area contributed by atoms with Crippen LogP contribution in [0.2, 0.25) is 5.28 Å². The fourth-order valence-electron chi connectivity index (χ4n) is 4.57. The topological polar surface area (TPSA) is 111 Å². The summed E-state index contributed by atoms with van der Waals surface area (Å²) in [4.78, 5) is 8.97. The van der Waals surface area contributed by atoms with Gasteiger partial charge in [-0.25, -0.2) is 4.68 Å². The second-order valence-electron chi connectivity index (χ2n) is 9.64. The number of terminal acetylenes is 1. The van der Waals surface area contributed by atoms with Gasteiger partial charge in [0.25, 0.3) is 0 Å². The number of anilines is 1. The molecule has 11 nitrogen and oxygen atoms in total. The molecule has 228 valence electrons. The molecule has 3 atom stereocenters. The normalized spacial score (nSPS) is 17.5. The van der Waals surface area contributed by atoms with E-state index >= 15 is 0 Å².